The normalized spacial score (nSPS) is 23.8. The van der Waals surface area contributed by atoms with Crippen LogP contribution in [0.3, 0.4) is 0 Å². The van der Waals surface area contributed by atoms with Gasteiger partial charge in [-0.25, -0.2) is 23.1 Å². The molecule has 2 fully saturated rings. The Hall–Kier alpha value is -3.66. The highest BCUT2D eigenvalue weighted by Crippen LogP contribution is 2.63. The van der Waals surface area contributed by atoms with Gasteiger partial charge in [-0.1, -0.05) is 18.2 Å². The smallest absolute Gasteiger partial charge is 0.177 e. The monoisotopic (exact) mass is 466 g/mol. The second-order valence-corrected chi connectivity index (χ2v) is 8.95. The number of benzene rings is 2. The van der Waals surface area contributed by atoms with E-state index < -0.39 is 17.4 Å². The number of phenolic OH excluding ortho intramolecular Hbond substituents is 1. The van der Waals surface area contributed by atoms with E-state index in [1.165, 1.54) is 6.07 Å². The lowest BCUT2D eigenvalue weighted by Crippen LogP contribution is -2.32. The largest absolute Gasteiger partial charge is 0.505 e. The van der Waals surface area contributed by atoms with E-state index >= 15 is 0 Å². The number of anilines is 1. The van der Waals surface area contributed by atoms with Crippen LogP contribution < -0.4 is 10.6 Å². The summed E-state index contributed by atoms with van der Waals surface area (Å²) in [5.41, 5.74) is 7.08. The summed E-state index contributed by atoms with van der Waals surface area (Å²) in [6.07, 6.45) is 2.42. The van der Waals surface area contributed by atoms with Gasteiger partial charge in [0.25, 0.3) is 0 Å². The van der Waals surface area contributed by atoms with Gasteiger partial charge in [0.1, 0.15) is 28.7 Å². The Morgan fingerprint density at radius 2 is 1.94 bits per heavy atom. The molecular weight excluding hydrogens is 445 g/mol. The number of halogens is 3. The van der Waals surface area contributed by atoms with Crippen molar-refractivity contribution in [3.63, 3.8) is 0 Å². The van der Waals surface area contributed by atoms with Crippen molar-refractivity contribution < 1.29 is 18.3 Å². The first-order chi connectivity index (χ1) is 16.4. The Labute approximate surface area is 192 Å². The Morgan fingerprint density at radius 1 is 1.12 bits per heavy atom. The molecule has 34 heavy (non-hydrogen) atoms. The topological polar surface area (TPSA) is 104 Å². The molecule has 1 saturated carbocycles. The molecule has 174 valence electrons. The number of aromatic hydroxyl groups is 1. The third kappa shape index (κ3) is 2.91. The number of aromatic amines is 1. The number of H-pyrrole nitrogens is 1. The first-order valence-electron chi connectivity index (χ1n) is 11.0. The van der Waals surface area contributed by atoms with Crippen LogP contribution in [0.1, 0.15) is 12.0 Å². The molecule has 2 aliphatic rings. The number of phenols is 1. The number of piperidine rings is 1. The highest BCUT2D eigenvalue weighted by Gasteiger charge is 2.66. The molecule has 2 aromatic carbocycles. The van der Waals surface area contributed by atoms with E-state index in [0.717, 1.165) is 19.0 Å². The van der Waals surface area contributed by atoms with Gasteiger partial charge in [-0.2, -0.15) is 5.10 Å². The maximum absolute atomic E-state index is 14.6. The number of hydrogen-bond donors (Lipinski definition) is 3. The second-order valence-electron chi connectivity index (χ2n) is 8.95. The fourth-order valence-corrected chi connectivity index (χ4v) is 5.69. The van der Waals surface area contributed by atoms with E-state index in [-0.39, 0.29) is 33.9 Å². The Kier molecular flexibility index (Phi) is 4.57. The van der Waals surface area contributed by atoms with Crippen molar-refractivity contribution in [2.45, 2.75) is 11.8 Å². The van der Waals surface area contributed by atoms with Gasteiger partial charge < -0.3 is 15.7 Å². The molecule has 0 amide bonds. The molecule has 0 bridgehead atoms. The highest BCUT2D eigenvalue weighted by molar-refractivity contribution is 5.88. The van der Waals surface area contributed by atoms with Crippen LogP contribution in [0.2, 0.25) is 0 Å². The summed E-state index contributed by atoms with van der Waals surface area (Å²) in [6, 6.07) is 8.41. The third-order valence-electron chi connectivity index (χ3n) is 7.41. The molecule has 4 aromatic rings. The summed E-state index contributed by atoms with van der Waals surface area (Å²) < 4.78 is 42.7. The van der Waals surface area contributed by atoms with E-state index in [0.29, 0.717) is 42.1 Å². The average Bonchev–Trinajstić information content (AvgIpc) is 3.30. The van der Waals surface area contributed by atoms with Crippen LogP contribution in [-0.2, 0) is 5.41 Å². The minimum atomic E-state index is -0.956. The molecule has 3 heterocycles. The molecule has 4 N–H and O–H groups in total. The van der Waals surface area contributed by atoms with Crippen LogP contribution in [0.4, 0.5) is 19.0 Å². The summed E-state index contributed by atoms with van der Waals surface area (Å²) in [7, 11) is 0. The van der Waals surface area contributed by atoms with Crippen LogP contribution >= 0.6 is 0 Å². The maximum atomic E-state index is 14.6. The van der Waals surface area contributed by atoms with Crippen LogP contribution in [0.5, 0.6) is 5.75 Å². The molecule has 3 atom stereocenters. The maximum Gasteiger partial charge on any atom is 0.177 e. The Morgan fingerprint density at radius 3 is 2.74 bits per heavy atom. The average molecular weight is 466 g/mol. The Balaban J connectivity index is 1.30. The fraction of sp³-hybridized carbons (Fsp3) is 0.292. The van der Waals surface area contributed by atoms with E-state index in [9.17, 15) is 18.3 Å². The van der Waals surface area contributed by atoms with Gasteiger partial charge >= 0.3 is 0 Å². The molecule has 1 aliphatic carbocycles. The van der Waals surface area contributed by atoms with Gasteiger partial charge in [0.15, 0.2) is 17.2 Å². The summed E-state index contributed by atoms with van der Waals surface area (Å²) in [5, 5.41) is 16.2. The molecule has 10 heteroatoms. The highest BCUT2D eigenvalue weighted by atomic mass is 19.1. The second kappa shape index (κ2) is 7.42. The zero-order valence-corrected chi connectivity index (χ0v) is 18.0. The molecule has 0 spiro atoms. The van der Waals surface area contributed by atoms with Crippen molar-refractivity contribution in [2.75, 3.05) is 24.5 Å². The lowest BCUT2D eigenvalue weighted by molar-refractivity contribution is 0.427. The summed E-state index contributed by atoms with van der Waals surface area (Å²) in [5.74, 6) is -1.65. The van der Waals surface area contributed by atoms with E-state index in [2.05, 4.69) is 25.1 Å². The molecule has 1 aliphatic heterocycles. The van der Waals surface area contributed by atoms with Crippen molar-refractivity contribution in [2.24, 2.45) is 17.6 Å². The minimum absolute atomic E-state index is 0.105. The van der Waals surface area contributed by atoms with Gasteiger partial charge in [0, 0.05) is 36.7 Å². The molecule has 0 unspecified atom stereocenters. The standard InChI is InChI=1S/C24H21F3N6O/c25-16-4-2-1-3-14(16)24(11-28)13-5-6-33(10-15(13)24)20-9-29-22-21(31-32-23(22)30-20)12-7-18(27)19(34)8-17(12)26/h1-4,7-9,13,15,34H,5-6,10-11,28H2,(H,30,31,32)/t13-,15+,24-/m1/s1. The number of nitrogens with zero attached hydrogens (tertiary/aromatic N) is 4. The zero-order chi connectivity index (χ0) is 23.6. The van der Waals surface area contributed by atoms with Crippen molar-refractivity contribution in [3.05, 3.63) is 65.6 Å². The molecule has 2 aromatic heterocycles. The van der Waals surface area contributed by atoms with Gasteiger partial charge in [-0.15, -0.1) is 0 Å². The zero-order valence-electron chi connectivity index (χ0n) is 18.0. The van der Waals surface area contributed by atoms with Gasteiger partial charge in [0.2, 0.25) is 0 Å². The van der Waals surface area contributed by atoms with Crippen LogP contribution in [0.15, 0.2) is 42.6 Å². The predicted molar refractivity (Wildman–Crippen MR) is 120 cm³/mol. The molecular formula is C24H21F3N6O. The fourth-order valence-electron chi connectivity index (χ4n) is 5.69. The van der Waals surface area contributed by atoms with Crippen LogP contribution in [-0.4, -0.2) is 44.9 Å². The van der Waals surface area contributed by atoms with Crippen molar-refractivity contribution >= 4 is 17.0 Å². The lowest BCUT2D eigenvalue weighted by Gasteiger charge is -2.26. The third-order valence-corrected chi connectivity index (χ3v) is 7.41. The molecule has 0 radical (unpaired) electrons. The summed E-state index contributed by atoms with van der Waals surface area (Å²) in [4.78, 5) is 11.1. The number of rotatable bonds is 4. The number of nitrogens with one attached hydrogen (secondary N) is 1. The van der Waals surface area contributed by atoms with Gasteiger partial charge in [0.05, 0.1) is 6.20 Å². The van der Waals surface area contributed by atoms with E-state index in [4.69, 9.17) is 5.73 Å². The van der Waals surface area contributed by atoms with Crippen LogP contribution in [0.25, 0.3) is 22.4 Å². The predicted octanol–water partition coefficient (Wildman–Crippen LogP) is 3.50. The number of fused-ring (bicyclic) bond motifs is 2. The van der Waals surface area contributed by atoms with Gasteiger partial charge in [-0.05, 0) is 36.0 Å². The first kappa shape index (κ1) is 20.9. The number of nitrogens with two attached hydrogens (primary N) is 1. The molecule has 1 saturated heterocycles. The van der Waals surface area contributed by atoms with Crippen molar-refractivity contribution in [1.29, 1.82) is 0 Å². The molecule has 7 nitrogen and oxygen atoms in total. The van der Waals surface area contributed by atoms with Crippen LogP contribution in [0, 0.1) is 29.3 Å². The van der Waals surface area contributed by atoms with E-state index in [1.807, 2.05) is 12.1 Å². The molecule has 6 rings (SSSR count). The quantitative estimate of drug-likeness (QED) is 0.425. The SMILES string of the molecule is NC[C@]1(c2ccccc2F)[C@@H]2CCN(c3cnc4c(-c5cc(F)c(O)cc5F)n[nH]c4n3)C[C@@H]21. The van der Waals surface area contributed by atoms with Crippen molar-refractivity contribution in [3.8, 4) is 17.0 Å². The van der Waals surface area contributed by atoms with Crippen molar-refractivity contribution in [1.82, 2.24) is 20.2 Å². The summed E-state index contributed by atoms with van der Waals surface area (Å²) in [6.45, 7) is 1.76. The first-order valence-corrected chi connectivity index (χ1v) is 11.0. The number of aromatic nitrogens is 4. The Bertz CT molecular complexity index is 1430. The number of hydrogen-bond acceptors (Lipinski definition) is 6. The van der Waals surface area contributed by atoms with E-state index in [1.54, 1.807) is 12.3 Å². The summed E-state index contributed by atoms with van der Waals surface area (Å²) >= 11 is 0. The van der Waals surface area contributed by atoms with Gasteiger partial charge in [-0.3, -0.25) is 5.10 Å². The minimum Gasteiger partial charge on any atom is -0.505 e. The lowest BCUT2D eigenvalue weighted by atomic mass is 9.91.